The summed E-state index contributed by atoms with van der Waals surface area (Å²) in [5.41, 5.74) is 9.76. The summed E-state index contributed by atoms with van der Waals surface area (Å²) in [4.78, 5) is 4.47. The van der Waals surface area contributed by atoms with E-state index in [0.29, 0.717) is 6.54 Å². The van der Waals surface area contributed by atoms with E-state index in [2.05, 4.69) is 29.9 Å². The van der Waals surface area contributed by atoms with Crippen molar-refractivity contribution in [3.63, 3.8) is 0 Å². The predicted molar refractivity (Wildman–Crippen MR) is 83.1 cm³/mol. The molecule has 0 aliphatic heterocycles. The van der Waals surface area contributed by atoms with Crippen molar-refractivity contribution in [2.75, 3.05) is 6.54 Å². The van der Waals surface area contributed by atoms with E-state index >= 15 is 0 Å². The van der Waals surface area contributed by atoms with Gasteiger partial charge in [-0.1, -0.05) is 31.7 Å². The van der Waals surface area contributed by atoms with Crippen LogP contribution < -0.4 is 11.1 Å². The van der Waals surface area contributed by atoms with Crippen LogP contribution >= 0.6 is 0 Å². The molecule has 0 atom stereocenters. The molecule has 3 N–H and O–H groups in total. The van der Waals surface area contributed by atoms with Gasteiger partial charge in [0.25, 0.3) is 0 Å². The highest BCUT2D eigenvalue weighted by atomic mass is 14.9. The second-order valence-electron chi connectivity index (χ2n) is 4.33. The van der Waals surface area contributed by atoms with E-state index in [1.807, 2.05) is 31.3 Å². The number of benzene rings is 1. The van der Waals surface area contributed by atoms with E-state index in [9.17, 15) is 0 Å². The van der Waals surface area contributed by atoms with E-state index in [1.54, 1.807) is 6.08 Å². The van der Waals surface area contributed by atoms with Crippen molar-refractivity contribution >= 4 is 5.71 Å². The second kappa shape index (κ2) is 8.27. The van der Waals surface area contributed by atoms with Gasteiger partial charge in [0.05, 0.1) is 11.9 Å². The average molecular weight is 257 g/mol. The van der Waals surface area contributed by atoms with Gasteiger partial charge >= 0.3 is 0 Å². The number of allylic oxidation sites excluding steroid dienone is 1. The summed E-state index contributed by atoms with van der Waals surface area (Å²) >= 11 is 0. The molecule has 0 aromatic heterocycles. The first kappa shape index (κ1) is 15.2. The summed E-state index contributed by atoms with van der Waals surface area (Å²) in [6.45, 7) is 9.37. The summed E-state index contributed by atoms with van der Waals surface area (Å²) in [6, 6.07) is 8.13. The van der Waals surface area contributed by atoms with Gasteiger partial charge in [0.1, 0.15) is 0 Å². The number of nitrogens with zero attached hydrogens (tertiary/aromatic N) is 1. The Morgan fingerprint density at radius 1 is 1.47 bits per heavy atom. The van der Waals surface area contributed by atoms with Crippen LogP contribution in [0.3, 0.4) is 0 Å². The molecule has 19 heavy (non-hydrogen) atoms. The third-order valence-electron chi connectivity index (χ3n) is 2.78. The van der Waals surface area contributed by atoms with E-state index in [0.717, 1.165) is 35.5 Å². The first-order valence-electron chi connectivity index (χ1n) is 6.61. The number of hydrogen-bond acceptors (Lipinski definition) is 3. The van der Waals surface area contributed by atoms with E-state index in [-0.39, 0.29) is 0 Å². The SMILES string of the molecule is C=C/C(=C\N=C(C)c1cccc(CN)c1)NCCC. The highest BCUT2D eigenvalue weighted by Crippen LogP contribution is 2.07. The van der Waals surface area contributed by atoms with Crippen molar-refractivity contribution in [1.82, 2.24) is 5.32 Å². The fourth-order valence-corrected chi connectivity index (χ4v) is 1.60. The van der Waals surface area contributed by atoms with E-state index < -0.39 is 0 Å². The van der Waals surface area contributed by atoms with Gasteiger partial charge in [0, 0.05) is 18.8 Å². The zero-order valence-corrected chi connectivity index (χ0v) is 11.8. The number of nitrogens with two attached hydrogens (primary N) is 1. The zero-order valence-electron chi connectivity index (χ0n) is 11.8. The topological polar surface area (TPSA) is 50.4 Å². The van der Waals surface area contributed by atoms with Gasteiger partial charge in [0.15, 0.2) is 0 Å². The molecule has 0 saturated carbocycles. The maximum absolute atomic E-state index is 5.64. The second-order valence-corrected chi connectivity index (χ2v) is 4.33. The lowest BCUT2D eigenvalue weighted by Crippen LogP contribution is -2.12. The maximum atomic E-state index is 5.64. The molecule has 0 fully saturated rings. The van der Waals surface area contributed by atoms with Crippen LogP contribution in [-0.2, 0) is 6.54 Å². The normalized spacial score (nSPS) is 12.4. The number of rotatable bonds is 7. The minimum Gasteiger partial charge on any atom is -0.384 e. The predicted octanol–water partition coefficient (Wildman–Crippen LogP) is 2.98. The quantitative estimate of drug-likeness (QED) is 0.583. The molecule has 1 aromatic carbocycles. The molecule has 1 aromatic rings. The molecule has 3 heteroatoms. The van der Waals surface area contributed by atoms with Gasteiger partial charge in [-0.3, -0.25) is 4.99 Å². The van der Waals surface area contributed by atoms with Crippen LogP contribution in [0.15, 0.2) is 53.8 Å². The summed E-state index contributed by atoms with van der Waals surface area (Å²) in [5.74, 6) is 0. The van der Waals surface area contributed by atoms with Crippen LogP contribution in [0.25, 0.3) is 0 Å². The van der Waals surface area contributed by atoms with Crippen molar-refractivity contribution in [1.29, 1.82) is 0 Å². The molecule has 102 valence electrons. The van der Waals surface area contributed by atoms with Crippen LogP contribution in [0.5, 0.6) is 0 Å². The Balaban J connectivity index is 2.84. The van der Waals surface area contributed by atoms with Gasteiger partial charge in [0.2, 0.25) is 0 Å². The molecule has 3 nitrogen and oxygen atoms in total. The van der Waals surface area contributed by atoms with Gasteiger partial charge in [-0.15, -0.1) is 0 Å². The molecule has 0 aliphatic carbocycles. The molecule has 0 unspecified atom stereocenters. The van der Waals surface area contributed by atoms with Crippen LogP contribution in [0.1, 0.15) is 31.4 Å². The van der Waals surface area contributed by atoms with Gasteiger partial charge in [-0.2, -0.15) is 0 Å². The highest BCUT2D eigenvalue weighted by Gasteiger charge is 1.98. The first-order chi connectivity index (χ1) is 9.21. The minimum atomic E-state index is 0.549. The lowest BCUT2D eigenvalue weighted by atomic mass is 10.1. The maximum Gasteiger partial charge on any atom is 0.0520 e. The molecule has 1 rings (SSSR count). The van der Waals surface area contributed by atoms with E-state index in [4.69, 9.17) is 5.73 Å². The molecule has 0 aliphatic rings. The summed E-state index contributed by atoms with van der Waals surface area (Å²) < 4.78 is 0. The Bertz CT molecular complexity index is 473. The molecular weight excluding hydrogens is 234 g/mol. The van der Waals surface area contributed by atoms with Gasteiger partial charge in [-0.05, 0) is 36.6 Å². The third kappa shape index (κ3) is 5.10. The number of nitrogens with one attached hydrogen (secondary N) is 1. The average Bonchev–Trinajstić information content (AvgIpc) is 2.47. The molecule has 0 spiro atoms. The number of hydrogen-bond donors (Lipinski definition) is 2. The van der Waals surface area contributed by atoms with E-state index in [1.165, 1.54) is 0 Å². The Hall–Kier alpha value is -1.87. The summed E-state index contributed by atoms with van der Waals surface area (Å²) in [7, 11) is 0. The van der Waals surface area contributed by atoms with Crippen molar-refractivity contribution in [3.8, 4) is 0 Å². The standard InChI is InChI=1S/C16H23N3/c1-4-9-18-16(5-2)12-19-13(3)15-8-6-7-14(10-15)11-17/h5-8,10,12,18H,2,4,9,11,17H2,1,3H3/b16-12+,19-13?. The first-order valence-corrected chi connectivity index (χ1v) is 6.61. The Labute approximate surface area is 115 Å². The number of aliphatic imine (C=N–C) groups is 1. The fraction of sp³-hybridized carbons (Fsp3) is 0.312. The smallest absolute Gasteiger partial charge is 0.0520 e. The van der Waals surface area contributed by atoms with Gasteiger partial charge in [-0.25, -0.2) is 0 Å². The Morgan fingerprint density at radius 3 is 2.89 bits per heavy atom. The minimum absolute atomic E-state index is 0.549. The van der Waals surface area contributed by atoms with Crippen LogP contribution in [0.2, 0.25) is 0 Å². The van der Waals surface area contributed by atoms with Crippen LogP contribution in [0, 0.1) is 0 Å². The molecule has 0 saturated heterocycles. The Morgan fingerprint density at radius 2 is 2.26 bits per heavy atom. The monoisotopic (exact) mass is 257 g/mol. The van der Waals surface area contributed by atoms with Gasteiger partial charge < -0.3 is 11.1 Å². The summed E-state index contributed by atoms with van der Waals surface area (Å²) in [5, 5.41) is 3.26. The molecule has 0 bridgehead atoms. The highest BCUT2D eigenvalue weighted by molar-refractivity contribution is 5.99. The van der Waals surface area contributed by atoms with Crippen molar-refractivity contribution in [2.24, 2.45) is 10.7 Å². The zero-order chi connectivity index (χ0) is 14.1. The van der Waals surface area contributed by atoms with Crippen molar-refractivity contribution < 1.29 is 0 Å². The third-order valence-corrected chi connectivity index (χ3v) is 2.78. The lowest BCUT2D eigenvalue weighted by Gasteiger charge is -2.05. The molecule has 0 heterocycles. The molecule has 0 radical (unpaired) electrons. The van der Waals surface area contributed by atoms with Crippen LogP contribution in [0.4, 0.5) is 0 Å². The molecular formula is C16H23N3. The summed E-state index contributed by atoms with van der Waals surface area (Å²) in [6.07, 6.45) is 4.67. The lowest BCUT2D eigenvalue weighted by molar-refractivity contribution is 0.783. The fourth-order valence-electron chi connectivity index (χ4n) is 1.60. The van der Waals surface area contributed by atoms with Crippen molar-refractivity contribution in [2.45, 2.75) is 26.8 Å². The van der Waals surface area contributed by atoms with Crippen LogP contribution in [-0.4, -0.2) is 12.3 Å². The largest absolute Gasteiger partial charge is 0.384 e. The van der Waals surface area contributed by atoms with Crippen molar-refractivity contribution in [3.05, 3.63) is 59.9 Å². The Kier molecular flexibility index (Phi) is 6.61. The molecule has 0 amide bonds.